The van der Waals surface area contributed by atoms with Crippen molar-refractivity contribution in [3.8, 4) is 0 Å². The molecular weight excluding hydrogens is 209 g/mol. The third kappa shape index (κ3) is 2.31. The zero-order chi connectivity index (χ0) is 11.8. The van der Waals surface area contributed by atoms with Crippen LogP contribution < -0.4 is 11.3 Å². The molecule has 0 aliphatic rings. The van der Waals surface area contributed by atoms with E-state index in [-0.39, 0.29) is 5.69 Å². The molecule has 0 aliphatic heterocycles. The molecule has 3 nitrogen and oxygen atoms in total. The predicted molar refractivity (Wildman–Crippen MR) is 50.5 cm³/mol. The Morgan fingerprint density at radius 3 is 2.27 bits per heavy atom. The van der Waals surface area contributed by atoms with Gasteiger partial charge in [0, 0.05) is 17.8 Å². The standard InChI is InChI=1S/C9H11F3N2O/c1-5(2)14-7(9(10,11)12)3-6(13)4-8(14)15/h3-5H,13H2,1-2H3. The second-order valence-corrected chi connectivity index (χ2v) is 3.47. The number of hydrogen-bond acceptors (Lipinski definition) is 2. The summed E-state index contributed by atoms with van der Waals surface area (Å²) in [5, 5.41) is 0. The number of aromatic nitrogens is 1. The molecule has 0 bridgehead atoms. The molecule has 0 atom stereocenters. The molecule has 0 amide bonds. The topological polar surface area (TPSA) is 48.0 Å². The SMILES string of the molecule is CC(C)n1c(C(F)(F)F)cc(N)cc1=O. The van der Waals surface area contributed by atoms with Crippen LogP contribution in [0.1, 0.15) is 25.6 Å². The van der Waals surface area contributed by atoms with E-state index in [0.29, 0.717) is 4.57 Å². The molecule has 0 radical (unpaired) electrons. The van der Waals surface area contributed by atoms with Gasteiger partial charge < -0.3 is 10.3 Å². The highest BCUT2D eigenvalue weighted by atomic mass is 19.4. The van der Waals surface area contributed by atoms with Crippen molar-refractivity contribution < 1.29 is 13.2 Å². The zero-order valence-corrected chi connectivity index (χ0v) is 8.30. The number of nitrogens with zero attached hydrogens (tertiary/aromatic N) is 1. The Balaban J connectivity index is 3.55. The van der Waals surface area contributed by atoms with Gasteiger partial charge in [-0.25, -0.2) is 0 Å². The summed E-state index contributed by atoms with van der Waals surface area (Å²) >= 11 is 0. The van der Waals surface area contributed by atoms with Crippen molar-refractivity contribution >= 4 is 5.69 Å². The Labute approximate surface area is 84.3 Å². The molecule has 0 fully saturated rings. The normalized spacial score (nSPS) is 12.1. The predicted octanol–water partition coefficient (Wildman–Crippen LogP) is 2.03. The van der Waals surface area contributed by atoms with E-state index in [1.54, 1.807) is 0 Å². The number of halogens is 3. The summed E-state index contributed by atoms with van der Waals surface area (Å²) in [5.74, 6) is 0. The highest BCUT2D eigenvalue weighted by Crippen LogP contribution is 2.30. The van der Waals surface area contributed by atoms with Gasteiger partial charge in [-0.15, -0.1) is 0 Å². The van der Waals surface area contributed by atoms with E-state index >= 15 is 0 Å². The van der Waals surface area contributed by atoms with Crippen LogP contribution >= 0.6 is 0 Å². The maximum absolute atomic E-state index is 12.6. The third-order valence-electron chi connectivity index (χ3n) is 1.90. The first kappa shape index (κ1) is 11.6. The first-order valence-corrected chi connectivity index (χ1v) is 4.32. The van der Waals surface area contributed by atoms with E-state index < -0.39 is 23.5 Å². The number of nitrogen functional groups attached to an aromatic ring is 1. The largest absolute Gasteiger partial charge is 0.431 e. The summed E-state index contributed by atoms with van der Waals surface area (Å²) in [7, 11) is 0. The van der Waals surface area contributed by atoms with Gasteiger partial charge in [-0.1, -0.05) is 0 Å². The Bertz CT molecular complexity index is 420. The van der Waals surface area contributed by atoms with Gasteiger partial charge in [-0.05, 0) is 19.9 Å². The fourth-order valence-electron chi connectivity index (χ4n) is 1.35. The number of nitrogens with two attached hydrogens (primary N) is 1. The molecule has 1 heterocycles. The van der Waals surface area contributed by atoms with Crippen LogP contribution in [0, 0.1) is 0 Å². The van der Waals surface area contributed by atoms with Crippen molar-refractivity contribution in [2.45, 2.75) is 26.1 Å². The molecule has 0 saturated heterocycles. The van der Waals surface area contributed by atoms with Gasteiger partial charge in [-0.3, -0.25) is 4.79 Å². The molecule has 1 rings (SSSR count). The monoisotopic (exact) mass is 220 g/mol. The van der Waals surface area contributed by atoms with Crippen LogP contribution in [0.15, 0.2) is 16.9 Å². The van der Waals surface area contributed by atoms with E-state index in [1.165, 1.54) is 13.8 Å². The lowest BCUT2D eigenvalue weighted by atomic mass is 10.2. The fourth-order valence-corrected chi connectivity index (χ4v) is 1.35. The molecule has 0 aliphatic carbocycles. The first-order chi connectivity index (χ1) is 6.73. The van der Waals surface area contributed by atoms with Gasteiger partial charge in [0.2, 0.25) is 0 Å². The van der Waals surface area contributed by atoms with Crippen molar-refractivity contribution in [1.29, 1.82) is 0 Å². The van der Waals surface area contributed by atoms with Gasteiger partial charge in [0.15, 0.2) is 0 Å². The van der Waals surface area contributed by atoms with Crippen LogP contribution in [0.5, 0.6) is 0 Å². The van der Waals surface area contributed by atoms with Gasteiger partial charge in [0.25, 0.3) is 5.56 Å². The molecule has 0 saturated carbocycles. The minimum absolute atomic E-state index is 0.177. The Hall–Kier alpha value is -1.46. The smallest absolute Gasteiger partial charge is 0.399 e. The lowest BCUT2D eigenvalue weighted by Gasteiger charge is -2.18. The van der Waals surface area contributed by atoms with Gasteiger partial charge in [-0.2, -0.15) is 13.2 Å². The van der Waals surface area contributed by atoms with Crippen LogP contribution in [0.25, 0.3) is 0 Å². The average molecular weight is 220 g/mol. The summed E-state index contributed by atoms with van der Waals surface area (Å²) in [6.07, 6.45) is -4.57. The molecule has 1 aromatic heterocycles. The maximum atomic E-state index is 12.6. The van der Waals surface area contributed by atoms with Gasteiger partial charge in [0.05, 0.1) is 0 Å². The molecule has 2 N–H and O–H groups in total. The van der Waals surface area contributed by atoms with Crippen molar-refractivity contribution in [3.05, 3.63) is 28.2 Å². The second-order valence-electron chi connectivity index (χ2n) is 3.47. The lowest BCUT2D eigenvalue weighted by molar-refractivity contribution is -0.144. The molecule has 1 aromatic rings. The van der Waals surface area contributed by atoms with E-state index in [1.807, 2.05) is 0 Å². The van der Waals surface area contributed by atoms with Crippen molar-refractivity contribution in [2.24, 2.45) is 0 Å². The number of rotatable bonds is 1. The second kappa shape index (κ2) is 3.60. The minimum atomic E-state index is -4.57. The summed E-state index contributed by atoms with van der Waals surface area (Å²) in [5.41, 5.74) is 3.29. The lowest BCUT2D eigenvalue weighted by Crippen LogP contribution is -2.29. The Kier molecular flexibility index (Phi) is 2.79. The number of pyridine rings is 1. The summed E-state index contributed by atoms with van der Waals surface area (Å²) < 4.78 is 38.3. The molecule has 84 valence electrons. The highest BCUT2D eigenvalue weighted by molar-refractivity contribution is 5.38. The van der Waals surface area contributed by atoms with E-state index in [0.717, 1.165) is 12.1 Å². The first-order valence-electron chi connectivity index (χ1n) is 4.32. The van der Waals surface area contributed by atoms with Gasteiger partial charge >= 0.3 is 6.18 Å². The summed E-state index contributed by atoms with van der Waals surface area (Å²) in [6.45, 7) is 3.01. The van der Waals surface area contributed by atoms with Crippen LogP contribution in [0.4, 0.5) is 18.9 Å². The van der Waals surface area contributed by atoms with Crippen LogP contribution in [-0.4, -0.2) is 4.57 Å². The summed E-state index contributed by atoms with van der Waals surface area (Å²) in [4.78, 5) is 11.3. The number of alkyl halides is 3. The van der Waals surface area contributed by atoms with Crippen LogP contribution in [0.2, 0.25) is 0 Å². The minimum Gasteiger partial charge on any atom is -0.399 e. The third-order valence-corrected chi connectivity index (χ3v) is 1.90. The van der Waals surface area contributed by atoms with Crippen molar-refractivity contribution in [3.63, 3.8) is 0 Å². The zero-order valence-electron chi connectivity index (χ0n) is 8.30. The quantitative estimate of drug-likeness (QED) is 0.787. The van der Waals surface area contributed by atoms with E-state index in [2.05, 4.69) is 0 Å². The molecular formula is C9H11F3N2O. The number of anilines is 1. The molecule has 6 heteroatoms. The Morgan fingerprint density at radius 1 is 1.33 bits per heavy atom. The molecule has 15 heavy (non-hydrogen) atoms. The van der Waals surface area contributed by atoms with Crippen molar-refractivity contribution in [1.82, 2.24) is 4.57 Å². The summed E-state index contributed by atoms with van der Waals surface area (Å²) in [6, 6.07) is 1.19. The highest BCUT2D eigenvalue weighted by Gasteiger charge is 2.35. The fraction of sp³-hybridized carbons (Fsp3) is 0.444. The van der Waals surface area contributed by atoms with Crippen LogP contribution in [0.3, 0.4) is 0 Å². The molecule has 0 spiro atoms. The average Bonchev–Trinajstić information content (AvgIpc) is 1.99. The van der Waals surface area contributed by atoms with E-state index in [9.17, 15) is 18.0 Å². The van der Waals surface area contributed by atoms with Gasteiger partial charge in [0.1, 0.15) is 5.69 Å². The maximum Gasteiger partial charge on any atom is 0.431 e. The molecule has 0 unspecified atom stereocenters. The van der Waals surface area contributed by atoms with Crippen LogP contribution in [-0.2, 0) is 6.18 Å². The number of hydrogen-bond donors (Lipinski definition) is 1. The van der Waals surface area contributed by atoms with E-state index in [4.69, 9.17) is 5.73 Å². The molecule has 0 aromatic carbocycles. The van der Waals surface area contributed by atoms with Crippen molar-refractivity contribution in [2.75, 3.05) is 5.73 Å². The Morgan fingerprint density at radius 2 is 1.87 bits per heavy atom.